The third kappa shape index (κ3) is 3.41. The second-order valence-corrected chi connectivity index (χ2v) is 4.97. The molecule has 1 aliphatic rings. The predicted octanol–water partition coefficient (Wildman–Crippen LogP) is 4.33. The Morgan fingerprint density at radius 1 is 0.950 bits per heavy atom. The van der Waals surface area contributed by atoms with Crippen LogP contribution in [-0.4, -0.2) is 6.29 Å². The zero-order chi connectivity index (χ0) is 13.6. The summed E-state index contributed by atoms with van der Waals surface area (Å²) in [6.07, 6.45) is 4.57. The Bertz CT molecular complexity index is 560. The second kappa shape index (κ2) is 6.29. The normalized spacial score (nSPS) is 18.0. The number of hydrogen-bond donors (Lipinski definition) is 0. The summed E-state index contributed by atoms with van der Waals surface area (Å²) in [5.41, 5.74) is 2.65. The summed E-state index contributed by atoms with van der Waals surface area (Å²) in [7, 11) is 0. The summed E-state index contributed by atoms with van der Waals surface area (Å²) in [5, 5.41) is 0. The summed E-state index contributed by atoms with van der Waals surface area (Å²) in [6, 6.07) is 20.3. The molecule has 0 saturated carbocycles. The molecule has 0 fully saturated rings. The van der Waals surface area contributed by atoms with Gasteiger partial charge in [-0.05, 0) is 36.1 Å². The highest BCUT2D eigenvalue weighted by atomic mass is 16.7. The van der Waals surface area contributed by atoms with Gasteiger partial charge in [-0.2, -0.15) is 0 Å². The molecule has 1 heterocycles. The van der Waals surface area contributed by atoms with Crippen LogP contribution in [0.5, 0.6) is 5.75 Å². The molecular formula is C18H18O2. The molecule has 0 radical (unpaired) electrons. The van der Waals surface area contributed by atoms with E-state index in [9.17, 15) is 0 Å². The highest BCUT2D eigenvalue weighted by Gasteiger charge is 2.17. The molecule has 2 nitrogen and oxygen atoms in total. The average molecular weight is 266 g/mol. The van der Waals surface area contributed by atoms with Crippen molar-refractivity contribution >= 4 is 0 Å². The van der Waals surface area contributed by atoms with Crippen molar-refractivity contribution < 1.29 is 9.47 Å². The molecule has 2 aromatic carbocycles. The third-order valence-electron chi connectivity index (χ3n) is 3.37. The molecule has 0 spiro atoms. The molecule has 0 N–H and O–H groups in total. The molecule has 0 saturated heterocycles. The zero-order valence-corrected chi connectivity index (χ0v) is 11.4. The summed E-state index contributed by atoms with van der Waals surface area (Å²) < 4.78 is 11.5. The topological polar surface area (TPSA) is 18.5 Å². The molecule has 2 heteroatoms. The highest BCUT2D eigenvalue weighted by molar-refractivity contribution is 5.23. The van der Waals surface area contributed by atoms with Crippen LogP contribution < -0.4 is 4.74 Å². The van der Waals surface area contributed by atoms with E-state index in [0.717, 1.165) is 25.0 Å². The van der Waals surface area contributed by atoms with Crippen LogP contribution in [0.15, 0.2) is 72.5 Å². The average Bonchev–Trinajstić information content (AvgIpc) is 2.51. The van der Waals surface area contributed by atoms with Crippen LogP contribution in [0.2, 0.25) is 0 Å². The first-order valence-electron chi connectivity index (χ1n) is 6.99. The number of benzene rings is 2. The van der Waals surface area contributed by atoms with Crippen molar-refractivity contribution in [3.8, 4) is 5.75 Å². The van der Waals surface area contributed by atoms with Gasteiger partial charge in [0.2, 0.25) is 6.29 Å². The smallest absolute Gasteiger partial charge is 0.240 e. The van der Waals surface area contributed by atoms with Crippen LogP contribution in [0.4, 0.5) is 0 Å². The van der Waals surface area contributed by atoms with Gasteiger partial charge in [0.25, 0.3) is 0 Å². The molecule has 1 aliphatic heterocycles. The van der Waals surface area contributed by atoms with Crippen molar-refractivity contribution in [2.75, 3.05) is 0 Å². The highest BCUT2D eigenvalue weighted by Crippen LogP contribution is 2.23. The lowest BCUT2D eigenvalue weighted by Crippen LogP contribution is -2.22. The van der Waals surface area contributed by atoms with E-state index >= 15 is 0 Å². The molecule has 3 rings (SSSR count). The van der Waals surface area contributed by atoms with Crippen molar-refractivity contribution in [3.05, 3.63) is 78.1 Å². The van der Waals surface area contributed by atoms with Gasteiger partial charge in [0, 0.05) is 6.42 Å². The van der Waals surface area contributed by atoms with Crippen molar-refractivity contribution in [2.45, 2.75) is 25.6 Å². The number of rotatable bonds is 4. The Labute approximate surface area is 119 Å². The first kappa shape index (κ1) is 12.8. The lowest BCUT2D eigenvalue weighted by Gasteiger charge is -2.24. The molecule has 0 aliphatic carbocycles. The van der Waals surface area contributed by atoms with Gasteiger partial charge in [0.05, 0.1) is 6.26 Å². The molecule has 1 unspecified atom stereocenters. The number of para-hydroxylation sites is 1. The van der Waals surface area contributed by atoms with Crippen LogP contribution >= 0.6 is 0 Å². The van der Waals surface area contributed by atoms with E-state index in [1.165, 1.54) is 11.1 Å². The Morgan fingerprint density at radius 2 is 1.65 bits per heavy atom. The van der Waals surface area contributed by atoms with Crippen LogP contribution in [0.3, 0.4) is 0 Å². The number of ether oxygens (including phenoxy) is 2. The first-order valence-corrected chi connectivity index (χ1v) is 6.99. The molecule has 1 atom stereocenters. The van der Waals surface area contributed by atoms with E-state index in [4.69, 9.17) is 9.47 Å². The van der Waals surface area contributed by atoms with Crippen LogP contribution in [0.25, 0.3) is 0 Å². The molecule has 102 valence electrons. The van der Waals surface area contributed by atoms with Gasteiger partial charge in [0.1, 0.15) is 5.75 Å². The predicted molar refractivity (Wildman–Crippen MR) is 79.4 cm³/mol. The fourth-order valence-corrected chi connectivity index (χ4v) is 2.33. The molecular weight excluding hydrogens is 248 g/mol. The number of allylic oxidation sites excluding steroid dienone is 1. The van der Waals surface area contributed by atoms with Crippen molar-refractivity contribution in [2.24, 2.45) is 0 Å². The Balaban J connectivity index is 1.55. The minimum atomic E-state index is -0.170. The van der Waals surface area contributed by atoms with Gasteiger partial charge in [0.15, 0.2) is 0 Å². The molecule has 0 amide bonds. The quantitative estimate of drug-likeness (QED) is 0.820. The lowest BCUT2D eigenvalue weighted by atomic mass is 10.0. The van der Waals surface area contributed by atoms with Gasteiger partial charge in [-0.3, -0.25) is 0 Å². The van der Waals surface area contributed by atoms with Gasteiger partial charge in [-0.25, -0.2) is 0 Å². The standard InChI is InChI=1S/C18H18O2/c1-3-7-15(8-4-1)13-16-11-12-18(19-14-16)20-17-9-5-2-6-10-17/h1-10,14,18H,11-13H2. The monoisotopic (exact) mass is 266 g/mol. The molecule has 0 aromatic heterocycles. The molecule has 0 bridgehead atoms. The minimum Gasteiger partial charge on any atom is -0.463 e. The van der Waals surface area contributed by atoms with Crippen molar-refractivity contribution in [3.63, 3.8) is 0 Å². The molecule has 2 aromatic rings. The van der Waals surface area contributed by atoms with Crippen molar-refractivity contribution in [1.29, 1.82) is 0 Å². The molecule has 20 heavy (non-hydrogen) atoms. The van der Waals surface area contributed by atoms with E-state index in [0.29, 0.717) is 0 Å². The third-order valence-corrected chi connectivity index (χ3v) is 3.37. The SMILES string of the molecule is C1=C(Cc2ccccc2)CCC(Oc2ccccc2)O1. The summed E-state index contributed by atoms with van der Waals surface area (Å²) in [4.78, 5) is 0. The van der Waals surface area contributed by atoms with E-state index in [-0.39, 0.29) is 6.29 Å². The van der Waals surface area contributed by atoms with Gasteiger partial charge < -0.3 is 9.47 Å². The lowest BCUT2D eigenvalue weighted by molar-refractivity contribution is -0.0441. The first-order chi connectivity index (χ1) is 9.90. The van der Waals surface area contributed by atoms with Crippen molar-refractivity contribution in [1.82, 2.24) is 0 Å². The zero-order valence-electron chi connectivity index (χ0n) is 11.4. The van der Waals surface area contributed by atoms with Gasteiger partial charge in [-0.15, -0.1) is 0 Å². The van der Waals surface area contributed by atoms with Gasteiger partial charge in [-0.1, -0.05) is 48.5 Å². The number of hydrogen-bond acceptors (Lipinski definition) is 2. The maximum absolute atomic E-state index is 5.79. The van der Waals surface area contributed by atoms with Crippen LogP contribution in [0.1, 0.15) is 18.4 Å². The Morgan fingerprint density at radius 3 is 2.30 bits per heavy atom. The Kier molecular flexibility index (Phi) is 4.02. The van der Waals surface area contributed by atoms with Gasteiger partial charge >= 0.3 is 0 Å². The fourth-order valence-electron chi connectivity index (χ4n) is 2.33. The van der Waals surface area contributed by atoms with E-state index < -0.39 is 0 Å². The summed E-state index contributed by atoms with van der Waals surface area (Å²) in [6.45, 7) is 0. The maximum atomic E-state index is 5.79. The summed E-state index contributed by atoms with van der Waals surface area (Å²) in [5.74, 6) is 0.859. The van der Waals surface area contributed by atoms with Crippen LogP contribution in [-0.2, 0) is 11.2 Å². The van der Waals surface area contributed by atoms with Crippen LogP contribution in [0, 0.1) is 0 Å². The van der Waals surface area contributed by atoms with E-state index in [1.54, 1.807) is 0 Å². The van der Waals surface area contributed by atoms with E-state index in [1.807, 2.05) is 42.7 Å². The minimum absolute atomic E-state index is 0.170. The maximum Gasteiger partial charge on any atom is 0.240 e. The second-order valence-electron chi connectivity index (χ2n) is 4.97. The largest absolute Gasteiger partial charge is 0.463 e. The fraction of sp³-hybridized carbons (Fsp3) is 0.222. The van der Waals surface area contributed by atoms with E-state index in [2.05, 4.69) is 24.3 Å². The Hall–Kier alpha value is -2.22. The summed E-state index contributed by atoms with van der Waals surface area (Å²) >= 11 is 0.